The third-order valence-corrected chi connectivity index (χ3v) is 1.73. The molecule has 66 valence electrons. The van der Waals surface area contributed by atoms with Crippen LogP contribution < -0.4 is 5.32 Å². The summed E-state index contributed by atoms with van der Waals surface area (Å²) < 4.78 is 0. The van der Waals surface area contributed by atoms with Gasteiger partial charge in [0.25, 0.3) is 0 Å². The molecule has 1 aromatic rings. The van der Waals surface area contributed by atoms with Crippen molar-refractivity contribution >= 4 is 0 Å². The minimum Gasteiger partial charge on any atom is -0.313 e. The van der Waals surface area contributed by atoms with E-state index in [4.69, 9.17) is 0 Å². The second-order valence-electron chi connectivity index (χ2n) is 2.98. The Hall–Kier alpha value is -0.890. The predicted octanol–water partition coefficient (Wildman–Crippen LogP) is 1.89. The third-order valence-electron chi connectivity index (χ3n) is 1.73. The molecule has 0 saturated heterocycles. The van der Waals surface area contributed by atoms with Crippen LogP contribution in [0.25, 0.3) is 0 Å². The Morgan fingerprint density at radius 1 is 1.42 bits per heavy atom. The summed E-state index contributed by atoms with van der Waals surface area (Å²) in [6.45, 7) is 6.18. The molecular formula is C10H16N2. The summed E-state index contributed by atoms with van der Waals surface area (Å²) in [6.07, 6.45) is 3.11. The van der Waals surface area contributed by atoms with Crippen LogP contribution in [0.2, 0.25) is 0 Å². The molecule has 0 fully saturated rings. The molecule has 0 bridgehead atoms. The van der Waals surface area contributed by atoms with E-state index in [2.05, 4.69) is 23.3 Å². The summed E-state index contributed by atoms with van der Waals surface area (Å²) in [4.78, 5) is 4.22. The molecule has 0 aliphatic carbocycles. The second-order valence-corrected chi connectivity index (χ2v) is 2.98. The maximum atomic E-state index is 4.22. The highest BCUT2D eigenvalue weighted by Gasteiger charge is 1.91. The molecular weight excluding hydrogens is 148 g/mol. The lowest BCUT2D eigenvalue weighted by Crippen LogP contribution is -2.13. The van der Waals surface area contributed by atoms with E-state index >= 15 is 0 Å². The van der Waals surface area contributed by atoms with Gasteiger partial charge in [-0.05, 0) is 31.5 Å². The van der Waals surface area contributed by atoms with Gasteiger partial charge in [0.2, 0.25) is 0 Å². The summed E-state index contributed by atoms with van der Waals surface area (Å²) in [5.74, 6) is 0. The molecule has 0 aliphatic heterocycles. The van der Waals surface area contributed by atoms with Gasteiger partial charge in [0.05, 0.1) is 0 Å². The monoisotopic (exact) mass is 164 g/mol. The minimum atomic E-state index is 0.932. The molecule has 2 nitrogen and oxygen atoms in total. The molecule has 0 amide bonds. The molecule has 0 radical (unpaired) electrons. The molecule has 1 rings (SSSR count). The first-order valence-electron chi connectivity index (χ1n) is 4.45. The van der Waals surface area contributed by atoms with E-state index in [9.17, 15) is 0 Å². The van der Waals surface area contributed by atoms with Crippen molar-refractivity contribution in [3.05, 3.63) is 29.6 Å². The summed E-state index contributed by atoms with van der Waals surface area (Å²) >= 11 is 0. The van der Waals surface area contributed by atoms with Gasteiger partial charge in [-0.1, -0.05) is 13.0 Å². The quantitative estimate of drug-likeness (QED) is 0.687. The normalized spacial score (nSPS) is 10.2. The molecule has 0 aromatic carbocycles. The van der Waals surface area contributed by atoms with E-state index in [0.717, 1.165) is 18.8 Å². The predicted molar refractivity (Wildman–Crippen MR) is 51.0 cm³/mol. The van der Waals surface area contributed by atoms with Gasteiger partial charge >= 0.3 is 0 Å². The van der Waals surface area contributed by atoms with E-state index < -0.39 is 0 Å². The molecule has 1 aromatic heterocycles. The Kier molecular flexibility index (Phi) is 3.74. The summed E-state index contributed by atoms with van der Waals surface area (Å²) in [5, 5.41) is 3.33. The van der Waals surface area contributed by atoms with Crippen LogP contribution in [-0.2, 0) is 6.54 Å². The SMILES string of the molecule is CCCNCc1ccc(C)nc1. The first-order valence-corrected chi connectivity index (χ1v) is 4.45. The maximum Gasteiger partial charge on any atom is 0.0372 e. The molecule has 0 spiro atoms. The fourth-order valence-electron chi connectivity index (χ4n) is 1.01. The first kappa shape index (κ1) is 9.20. The number of hydrogen-bond acceptors (Lipinski definition) is 2. The molecule has 12 heavy (non-hydrogen) atoms. The zero-order chi connectivity index (χ0) is 8.81. The Morgan fingerprint density at radius 3 is 2.83 bits per heavy atom. The van der Waals surface area contributed by atoms with E-state index in [-0.39, 0.29) is 0 Å². The zero-order valence-electron chi connectivity index (χ0n) is 7.80. The third kappa shape index (κ3) is 3.01. The molecule has 1 N–H and O–H groups in total. The second kappa shape index (κ2) is 4.88. The van der Waals surface area contributed by atoms with Crippen molar-refractivity contribution in [2.24, 2.45) is 0 Å². The van der Waals surface area contributed by atoms with E-state index in [1.807, 2.05) is 19.2 Å². The topological polar surface area (TPSA) is 24.9 Å². The molecule has 0 saturated carbocycles. The van der Waals surface area contributed by atoms with Crippen LogP contribution in [0.15, 0.2) is 18.3 Å². The van der Waals surface area contributed by atoms with E-state index in [1.54, 1.807) is 0 Å². The van der Waals surface area contributed by atoms with Crippen LogP contribution in [0.1, 0.15) is 24.6 Å². The van der Waals surface area contributed by atoms with Gasteiger partial charge in [-0.15, -0.1) is 0 Å². The summed E-state index contributed by atoms with van der Waals surface area (Å²) in [6, 6.07) is 4.16. The van der Waals surface area contributed by atoms with Gasteiger partial charge in [-0.25, -0.2) is 0 Å². The fraction of sp³-hybridized carbons (Fsp3) is 0.500. The maximum absolute atomic E-state index is 4.22. The lowest BCUT2D eigenvalue weighted by Gasteiger charge is -2.02. The lowest BCUT2D eigenvalue weighted by atomic mass is 10.2. The number of hydrogen-bond donors (Lipinski definition) is 1. The van der Waals surface area contributed by atoms with Crippen LogP contribution in [0.3, 0.4) is 0 Å². The largest absolute Gasteiger partial charge is 0.313 e. The van der Waals surface area contributed by atoms with Crippen molar-refractivity contribution in [2.75, 3.05) is 6.54 Å². The molecule has 0 aliphatic rings. The van der Waals surface area contributed by atoms with Crippen molar-refractivity contribution in [3.63, 3.8) is 0 Å². The van der Waals surface area contributed by atoms with Crippen LogP contribution >= 0.6 is 0 Å². The van der Waals surface area contributed by atoms with Crippen LogP contribution in [0, 0.1) is 6.92 Å². The Morgan fingerprint density at radius 2 is 2.25 bits per heavy atom. The number of aromatic nitrogens is 1. The number of nitrogens with one attached hydrogen (secondary N) is 1. The van der Waals surface area contributed by atoms with Crippen LogP contribution in [0.5, 0.6) is 0 Å². The van der Waals surface area contributed by atoms with Gasteiger partial charge in [-0.2, -0.15) is 0 Å². The first-order chi connectivity index (χ1) is 5.83. The highest BCUT2D eigenvalue weighted by atomic mass is 14.8. The van der Waals surface area contributed by atoms with Crippen molar-refractivity contribution in [1.29, 1.82) is 0 Å². The van der Waals surface area contributed by atoms with Crippen LogP contribution in [-0.4, -0.2) is 11.5 Å². The highest BCUT2D eigenvalue weighted by molar-refractivity contribution is 5.12. The Labute approximate surface area is 74.0 Å². The highest BCUT2D eigenvalue weighted by Crippen LogP contribution is 1.98. The van der Waals surface area contributed by atoms with Crippen molar-refractivity contribution in [2.45, 2.75) is 26.8 Å². The van der Waals surface area contributed by atoms with Gasteiger partial charge < -0.3 is 5.32 Å². The minimum absolute atomic E-state index is 0.932. The van der Waals surface area contributed by atoms with Gasteiger partial charge in [0.1, 0.15) is 0 Å². The molecule has 1 heterocycles. The van der Waals surface area contributed by atoms with Crippen molar-refractivity contribution in [3.8, 4) is 0 Å². The van der Waals surface area contributed by atoms with Crippen molar-refractivity contribution < 1.29 is 0 Å². The average Bonchev–Trinajstić information content (AvgIpc) is 2.09. The van der Waals surface area contributed by atoms with Gasteiger partial charge in [-0.3, -0.25) is 4.98 Å². The smallest absolute Gasteiger partial charge is 0.0372 e. The number of rotatable bonds is 4. The molecule has 0 atom stereocenters. The number of nitrogens with zero attached hydrogens (tertiary/aromatic N) is 1. The summed E-state index contributed by atoms with van der Waals surface area (Å²) in [5.41, 5.74) is 2.34. The fourth-order valence-corrected chi connectivity index (χ4v) is 1.01. The Bertz CT molecular complexity index is 216. The lowest BCUT2D eigenvalue weighted by molar-refractivity contribution is 0.673. The van der Waals surface area contributed by atoms with Gasteiger partial charge in [0.15, 0.2) is 0 Å². The molecule has 0 unspecified atom stereocenters. The Balaban J connectivity index is 2.37. The van der Waals surface area contributed by atoms with E-state index in [0.29, 0.717) is 0 Å². The zero-order valence-corrected chi connectivity index (χ0v) is 7.80. The number of aryl methyl sites for hydroxylation is 1. The number of pyridine rings is 1. The standard InChI is InChI=1S/C10H16N2/c1-3-6-11-7-10-5-4-9(2)12-8-10/h4-5,8,11H,3,6-7H2,1-2H3. The molecule has 2 heteroatoms. The average molecular weight is 164 g/mol. The van der Waals surface area contributed by atoms with Gasteiger partial charge in [0, 0.05) is 18.4 Å². The van der Waals surface area contributed by atoms with Crippen molar-refractivity contribution in [1.82, 2.24) is 10.3 Å². The summed E-state index contributed by atoms with van der Waals surface area (Å²) in [7, 11) is 0. The van der Waals surface area contributed by atoms with E-state index in [1.165, 1.54) is 12.0 Å². The van der Waals surface area contributed by atoms with Crippen LogP contribution in [0.4, 0.5) is 0 Å².